The van der Waals surface area contributed by atoms with E-state index in [1.807, 2.05) is 0 Å². The van der Waals surface area contributed by atoms with Crippen molar-refractivity contribution in [3.63, 3.8) is 0 Å². The van der Waals surface area contributed by atoms with Crippen LogP contribution in [0.4, 0.5) is 0 Å². The molecule has 9 heteroatoms. The summed E-state index contributed by atoms with van der Waals surface area (Å²) in [6.45, 7) is 0.452. The van der Waals surface area contributed by atoms with Gasteiger partial charge in [0, 0.05) is 37.8 Å². The number of amides is 2. The highest BCUT2D eigenvalue weighted by molar-refractivity contribution is 6.30. The Labute approximate surface area is 170 Å². The molecule has 1 unspecified atom stereocenters. The average Bonchev–Trinajstić information content (AvgIpc) is 3.20. The van der Waals surface area contributed by atoms with Crippen molar-refractivity contribution in [1.29, 1.82) is 0 Å². The number of carbonyl (C=O) groups excluding carboxylic acids is 2. The summed E-state index contributed by atoms with van der Waals surface area (Å²) in [4.78, 5) is 29.3. The number of carbonyl (C=O) groups is 2. The minimum atomic E-state index is -1.68. The minimum Gasteiger partial charge on any atom is -0.369 e. The lowest BCUT2D eigenvalue weighted by atomic mass is 10.0. The summed E-state index contributed by atoms with van der Waals surface area (Å²) in [5, 5.41) is 15.5. The van der Waals surface area contributed by atoms with Gasteiger partial charge in [0.2, 0.25) is 5.60 Å². The van der Waals surface area contributed by atoms with Gasteiger partial charge in [-0.05, 0) is 18.2 Å². The first-order chi connectivity index (χ1) is 13.8. The molecule has 2 aromatic heterocycles. The number of pyridine rings is 1. The third-order valence-electron chi connectivity index (χ3n) is 4.78. The number of aromatic nitrogens is 3. The van der Waals surface area contributed by atoms with Gasteiger partial charge in [0.1, 0.15) is 5.15 Å². The van der Waals surface area contributed by atoms with E-state index in [4.69, 9.17) is 17.3 Å². The predicted octanol–water partition coefficient (Wildman–Crippen LogP) is 1.12. The van der Waals surface area contributed by atoms with Crippen LogP contribution in [0, 0.1) is 11.8 Å². The molecular formula is C20H16ClN5O3. The number of likely N-dealkylation sites (tertiary alicyclic amines) is 1. The largest absolute Gasteiger partial charge is 0.369 e. The van der Waals surface area contributed by atoms with Crippen LogP contribution >= 0.6 is 11.6 Å². The Morgan fingerprint density at radius 3 is 2.86 bits per heavy atom. The van der Waals surface area contributed by atoms with E-state index in [9.17, 15) is 14.7 Å². The molecule has 0 radical (unpaired) electrons. The summed E-state index contributed by atoms with van der Waals surface area (Å²) >= 11 is 6.01. The Bertz CT molecular complexity index is 1230. The molecule has 4 rings (SSSR count). The maximum atomic E-state index is 12.1. The van der Waals surface area contributed by atoms with Crippen LogP contribution in [-0.4, -0.2) is 55.8 Å². The summed E-state index contributed by atoms with van der Waals surface area (Å²) in [5.74, 6) is 4.45. The Kier molecular flexibility index (Phi) is 4.49. The molecule has 3 aromatic rings. The first kappa shape index (κ1) is 18.9. The fourth-order valence-electron chi connectivity index (χ4n) is 3.23. The molecule has 3 heterocycles. The van der Waals surface area contributed by atoms with E-state index in [0.717, 1.165) is 0 Å². The zero-order chi connectivity index (χ0) is 20.8. The lowest BCUT2D eigenvalue weighted by Gasteiger charge is -2.13. The standard InChI is InChI=1S/C20H16ClN5O3/c1-25-8-7-20(29,19(25)28)6-5-12-3-2-4-13(9-12)26-15-10-16(21)23-11-14(15)17(24-26)18(22)27/h2-4,9-11,29H,7-8H2,1H3,(H2,22,27). The third kappa shape index (κ3) is 3.31. The van der Waals surface area contributed by atoms with Crippen molar-refractivity contribution < 1.29 is 14.7 Å². The molecule has 29 heavy (non-hydrogen) atoms. The first-order valence-corrected chi connectivity index (χ1v) is 9.12. The van der Waals surface area contributed by atoms with Gasteiger partial charge < -0.3 is 15.7 Å². The molecule has 1 saturated heterocycles. The van der Waals surface area contributed by atoms with Gasteiger partial charge >= 0.3 is 0 Å². The highest BCUT2D eigenvalue weighted by atomic mass is 35.5. The summed E-state index contributed by atoms with van der Waals surface area (Å²) in [6, 6.07) is 8.60. The number of nitrogens with two attached hydrogens (primary N) is 1. The molecule has 146 valence electrons. The Balaban J connectivity index is 1.78. The quantitative estimate of drug-likeness (QED) is 0.486. The Morgan fingerprint density at radius 1 is 1.38 bits per heavy atom. The molecule has 1 fully saturated rings. The van der Waals surface area contributed by atoms with Gasteiger partial charge in [-0.15, -0.1) is 0 Å². The van der Waals surface area contributed by atoms with Crippen LogP contribution in [0.3, 0.4) is 0 Å². The second-order valence-corrected chi connectivity index (χ2v) is 7.17. The maximum Gasteiger partial charge on any atom is 0.269 e. The maximum absolute atomic E-state index is 12.1. The molecule has 2 amide bonds. The lowest BCUT2D eigenvalue weighted by Crippen LogP contribution is -2.37. The van der Waals surface area contributed by atoms with Crippen LogP contribution < -0.4 is 5.73 Å². The van der Waals surface area contributed by atoms with E-state index in [1.54, 1.807) is 37.4 Å². The van der Waals surface area contributed by atoms with Gasteiger partial charge in [-0.25, -0.2) is 9.67 Å². The fourth-order valence-corrected chi connectivity index (χ4v) is 3.38. The second kappa shape index (κ2) is 6.88. The molecule has 1 atom stereocenters. The topological polar surface area (TPSA) is 114 Å². The van der Waals surface area contributed by atoms with Crippen molar-refractivity contribution in [2.75, 3.05) is 13.6 Å². The summed E-state index contributed by atoms with van der Waals surface area (Å²) in [7, 11) is 1.63. The number of primary amides is 1. The van der Waals surface area contributed by atoms with Gasteiger partial charge in [0.05, 0.1) is 16.6 Å². The number of halogens is 1. The van der Waals surface area contributed by atoms with Crippen LogP contribution in [0.25, 0.3) is 16.6 Å². The molecule has 0 aliphatic carbocycles. The number of benzene rings is 1. The molecular weight excluding hydrogens is 394 g/mol. The summed E-state index contributed by atoms with van der Waals surface area (Å²) in [6.07, 6.45) is 1.70. The number of nitrogens with zero attached hydrogens (tertiary/aromatic N) is 4. The number of aliphatic hydroxyl groups is 1. The number of hydrogen-bond acceptors (Lipinski definition) is 5. The van der Waals surface area contributed by atoms with E-state index in [-0.39, 0.29) is 17.3 Å². The van der Waals surface area contributed by atoms with E-state index in [2.05, 4.69) is 21.9 Å². The Morgan fingerprint density at radius 2 is 2.17 bits per heavy atom. The molecule has 0 spiro atoms. The van der Waals surface area contributed by atoms with Crippen molar-refractivity contribution in [2.24, 2.45) is 5.73 Å². The predicted molar refractivity (Wildman–Crippen MR) is 106 cm³/mol. The van der Waals surface area contributed by atoms with Crippen molar-refractivity contribution in [1.82, 2.24) is 19.7 Å². The molecule has 1 aliphatic rings. The van der Waals surface area contributed by atoms with Gasteiger partial charge in [-0.2, -0.15) is 5.10 Å². The van der Waals surface area contributed by atoms with Crippen molar-refractivity contribution in [3.8, 4) is 17.5 Å². The van der Waals surface area contributed by atoms with E-state index >= 15 is 0 Å². The Hall–Kier alpha value is -3.41. The van der Waals surface area contributed by atoms with Gasteiger partial charge in [-0.3, -0.25) is 9.59 Å². The fraction of sp³-hybridized carbons (Fsp3) is 0.200. The monoisotopic (exact) mass is 409 g/mol. The van der Waals surface area contributed by atoms with Gasteiger partial charge in [-0.1, -0.05) is 29.5 Å². The normalized spacial score (nSPS) is 18.7. The zero-order valence-corrected chi connectivity index (χ0v) is 16.1. The number of hydrogen-bond donors (Lipinski definition) is 2. The van der Waals surface area contributed by atoms with Crippen molar-refractivity contribution in [3.05, 3.63) is 52.9 Å². The van der Waals surface area contributed by atoms with Crippen LogP contribution in [0.1, 0.15) is 22.5 Å². The van der Waals surface area contributed by atoms with Crippen molar-refractivity contribution in [2.45, 2.75) is 12.0 Å². The summed E-state index contributed by atoms with van der Waals surface area (Å²) in [5.41, 5.74) is 5.58. The van der Waals surface area contributed by atoms with Crippen LogP contribution in [0.5, 0.6) is 0 Å². The molecule has 1 aliphatic heterocycles. The zero-order valence-electron chi connectivity index (χ0n) is 15.4. The number of fused-ring (bicyclic) bond motifs is 1. The molecule has 3 N–H and O–H groups in total. The summed E-state index contributed by atoms with van der Waals surface area (Å²) < 4.78 is 1.53. The molecule has 0 bridgehead atoms. The van der Waals surface area contributed by atoms with Crippen molar-refractivity contribution >= 4 is 34.3 Å². The molecule has 8 nitrogen and oxygen atoms in total. The third-order valence-corrected chi connectivity index (χ3v) is 4.99. The van der Waals surface area contributed by atoms with Gasteiger partial charge in [0.15, 0.2) is 5.69 Å². The first-order valence-electron chi connectivity index (χ1n) is 8.74. The van der Waals surface area contributed by atoms with Crippen LogP contribution in [0.2, 0.25) is 5.15 Å². The van der Waals surface area contributed by atoms with E-state index in [1.165, 1.54) is 15.8 Å². The minimum absolute atomic E-state index is 0.0783. The second-order valence-electron chi connectivity index (χ2n) is 6.79. The number of rotatable bonds is 2. The number of likely N-dealkylation sites (N-methyl/N-ethyl adjacent to an activating group) is 1. The highest BCUT2D eigenvalue weighted by Crippen LogP contribution is 2.24. The highest BCUT2D eigenvalue weighted by Gasteiger charge is 2.42. The molecule has 1 aromatic carbocycles. The smallest absolute Gasteiger partial charge is 0.269 e. The van der Waals surface area contributed by atoms with Crippen LogP contribution in [-0.2, 0) is 4.79 Å². The van der Waals surface area contributed by atoms with E-state index in [0.29, 0.717) is 28.7 Å². The SMILES string of the molecule is CN1CCC(O)(C#Cc2cccc(-n3nc(C(N)=O)c4cnc(Cl)cc43)c2)C1=O. The van der Waals surface area contributed by atoms with E-state index < -0.39 is 17.4 Å². The lowest BCUT2D eigenvalue weighted by molar-refractivity contribution is -0.137. The average molecular weight is 410 g/mol. The molecule has 0 saturated carbocycles. The van der Waals surface area contributed by atoms with Crippen LogP contribution in [0.15, 0.2) is 36.5 Å². The van der Waals surface area contributed by atoms with Gasteiger partial charge in [0.25, 0.3) is 11.8 Å².